The molecule has 3 aromatic rings. The van der Waals surface area contributed by atoms with Crippen LogP contribution in [-0.2, 0) is 16.0 Å². The SMILES string of the molecule is COc1cccc(CC(=O)Nc2nnc([C@H]3CC(=O)N(c4ccccc4)C3)o2)c1. The third-order valence-corrected chi connectivity index (χ3v) is 4.73. The van der Waals surface area contributed by atoms with Gasteiger partial charge in [-0.1, -0.05) is 35.4 Å². The van der Waals surface area contributed by atoms with Gasteiger partial charge in [0.25, 0.3) is 0 Å². The van der Waals surface area contributed by atoms with E-state index in [0.29, 0.717) is 18.2 Å². The van der Waals surface area contributed by atoms with Gasteiger partial charge in [0.15, 0.2) is 0 Å². The predicted molar refractivity (Wildman–Crippen MR) is 106 cm³/mol. The van der Waals surface area contributed by atoms with Gasteiger partial charge in [-0.05, 0) is 29.8 Å². The lowest BCUT2D eigenvalue weighted by atomic mass is 10.1. The van der Waals surface area contributed by atoms with Crippen LogP contribution in [0.15, 0.2) is 59.0 Å². The number of ether oxygens (including phenoxy) is 1. The van der Waals surface area contributed by atoms with Gasteiger partial charge >= 0.3 is 6.01 Å². The van der Waals surface area contributed by atoms with Crippen molar-refractivity contribution >= 4 is 23.5 Å². The Kier molecular flexibility index (Phi) is 5.24. The van der Waals surface area contributed by atoms with Gasteiger partial charge < -0.3 is 14.1 Å². The van der Waals surface area contributed by atoms with Gasteiger partial charge in [0, 0.05) is 18.7 Å². The van der Waals surface area contributed by atoms with Crippen molar-refractivity contribution in [1.82, 2.24) is 10.2 Å². The average molecular weight is 392 g/mol. The normalized spacial score (nSPS) is 16.1. The summed E-state index contributed by atoms with van der Waals surface area (Å²) in [6.45, 7) is 0.461. The summed E-state index contributed by atoms with van der Waals surface area (Å²) >= 11 is 0. The number of benzene rings is 2. The second-order valence-electron chi connectivity index (χ2n) is 6.76. The Morgan fingerprint density at radius 1 is 1.21 bits per heavy atom. The molecule has 2 amide bonds. The highest BCUT2D eigenvalue weighted by Gasteiger charge is 2.35. The van der Waals surface area contributed by atoms with Gasteiger partial charge in [0.05, 0.1) is 19.4 Å². The zero-order chi connectivity index (χ0) is 20.2. The lowest BCUT2D eigenvalue weighted by Crippen LogP contribution is -2.24. The van der Waals surface area contributed by atoms with Crippen LogP contribution in [0.1, 0.15) is 23.8 Å². The summed E-state index contributed by atoms with van der Waals surface area (Å²) < 4.78 is 10.8. The molecule has 0 aliphatic carbocycles. The molecule has 0 spiro atoms. The molecule has 1 aliphatic rings. The van der Waals surface area contributed by atoms with Crippen LogP contribution in [0, 0.1) is 0 Å². The fraction of sp³-hybridized carbons (Fsp3) is 0.238. The zero-order valence-corrected chi connectivity index (χ0v) is 15.9. The van der Waals surface area contributed by atoms with Crippen molar-refractivity contribution in [1.29, 1.82) is 0 Å². The zero-order valence-electron chi connectivity index (χ0n) is 15.9. The van der Waals surface area contributed by atoms with E-state index in [0.717, 1.165) is 11.3 Å². The number of anilines is 2. The molecule has 2 aromatic carbocycles. The molecule has 0 bridgehead atoms. The van der Waals surface area contributed by atoms with Crippen LogP contribution in [0.25, 0.3) is 0 Å². The summed E-state index contributed by atoms with van der Waals surface area (Å²) in [5, 5.41) is 10.5. The maximum absolute atomic E-state index is 12.4. The van der Waals surface area contributed by atoms with Crippen molar-refractivity contribution in [2.24, 2.45) is 0 Å². The Labute approximate surface area is 167 Å². The topological polar surface area (TPSA) is 97.6 Å². The van der Waals surface area contributed by atoms with Crippen molar-refractivity contribution in [3.63, 3.8) is 0 Å². The molecule has 4 rings (SSSR count). The number of carbonyl (C=O) groups is 2. The quantitative estimate of drug-likeness (QED) is 0.693. The van der Waals surface area contributed by atoms with Crippen molar-refractivity contribution in [2.75, 3.05) is 23.9 Å². The Morgan fingerprint density at radius 2 is 2.03 bits per heavy atom. The van der Waals surface area contributed by atoms with E-state index in [4.69, 9.17) is 9.15 Å². The number of nitrogens with one attached hydrogen (secondary N) is 1. The number of hydrogen-bond donors (Lipinski definition) is 1. The van der Waals surface area contributed by atoms with E-state index >= 15 is 0 Å². The molecule has 0 radical (unpaired) electrons. The minimum atomic E-state index is -0.276. The lowest BCUT2D eigenvalue weighted by molar-refractivity contribution is -0.117. The fourth-order valence-corrected chi connectivity index (χ4v) is 3.31. The first-order chi connectivity index (χ1) is 14.1. The number of rotatable bonds is 6. The fourth-order valence-electron chi connectivity index (χ4n) is 3.31. The monoisotopic (exact) mass is 392 g/mol. The minimum Gasteiger partial charge on any atom is -0.497 e. The van der Waals surface area contributed by atoms with Crippen LogP contribution in [0.4, 0.5) is 11.7 Å². The van der Waals surface area contributed by atoms with Crippen LogP contribution in [0.3, 0.4) is 0 Å². The molecule has 8 nitrogen and oxygen atoms in total. The first-order valence-electron chi connectivity index (χ1n) is 9.24. The number of aromatic nitrogens is 2. The van der Waals surface area contributed by atoms with E-state index < -0.39 is 0 Å². The van der Waals surface area contributed by atoms with Crippen LogP contribution in [0.5, 0.6) is 5.75 Å². The molecule has 2 heterocycles. The maximum Gasteiger partial charge on any atom is 0.322 e. The molecule has 1 aliphatic heterocycles. The number of carbonyl (C=O) groups excluding carboxylic acids is 2. The Balaban J connectivity index is 1.38. The molecule has 29 heavy (non-hydrogen) atoms. The van der Waals surface area contributed by atoms with Crippen molar-refractivity contribution < 1.29 is 18.7 Å². The summed E-state index contributed by atoms with van der Waals surface area (Å²) in [5.74, 6) is 0.543. The first kappa shape index (κ1) is 18.7. The number of para-hydroxylation sites is 1. The predicted octanol–water partition coefficient (Wildman–Crippen LogP) is 2.78. The van der Waals surface area contributed by atoms with E-state index in [1.165, 1.54) is 0 Å². The molecule has 0 unspecified atom stereocenters. The van der Waals surface area contributed by atoms with E-state index in [-0.39, 0.29) is 36.6 Å². The van der Waals surface area contributed by atoms with Gasteiger partial charge in [0.2, 0.25) is 17.7 Å². The van der Waals surface area contributed by atoms with Gasteiger partial charge in [-0.15, -0.1) is 5.10 Å². The van der Waals surface area contributed by atoms with Crippen molar-refractivity contribution in [3.05, 3.63) is 66.1 Å². The molecule has 1 saturated heterocycles. The molecular weight excluding hydrogens is 372 g/mol. The summed E-state index contributed by atoms with van der Waals surface area (Å²) in [6, 6.07) is 16.7. The Hall–Kier alpha value is -3.68. The maximum atomic E-state index is 12.4. The molecule has 148 valence electrons. The standard InChI is InChI=1S/C21H20N4O4/c1-28-17-9-5-6-14(10-17)11-18(26)22-21-24-23-20(29-21)15-12-19(27)25(13-15)16-7-3-2-4-8-16/h2-10,15H,11-13H2,1H3,(H,22,24,26)/t15-/m0/s1. The third kappa shape index (κ3) is 4.26. The van der Waals surface area contributed by atoms with Crippen LogP contribution in [0.2, 0.25) is 0 Å². The van der Waals surface area contributed by atoms with Crippen molar-refractivity contribution in [2.45, 2.75) is 18.8 Å². The van der Waals surface area contributed by atoms with Gasteiger partial charge in [-0.25, -0.2) is 0 Å². The van der Waals surface area contributed by atoms with E-state index in [1.54, 1.807) is 18.1 Å². The highest BCUT2D eigenvalue weighted by atomic mass is 16.5. The summed E-state index contributed by atoms with van der Waals surface area (Å²) in [6.07, 6.45) is 0.437. The highest BCUT2D eigenvalue weighted by molar-refractivity contribution is 5.96. The molecule has 8 heteroatoms. The summed E-state index contributed by atoms with van der Waals surface area (Å²) in [4.78, 5) is 26.3. The van der Waals surface area contributed by atoms with E-state index in [1.807, 2.05) is 48.5 Å². The molecule has 1 N–H and O–H groups in total. The van der Waals surface area contributed by atoms with Gasteiger partial charge in [-0.2, -0.15) is 0 Å². The number of hydrogen-bond acceptors (Lipinski definition) is 6. The second kappa shape index (κ2) is 8.14. The summed E-state index contributed by atoms with van der Waals surface area (Å²) in [5.41, 5.74) is 1.65. The smallest absolute Gasteiger partial charge is 0.322 e. The molecule has 1 aromatic heterocycles. The van der Waals surface area contributed by atoms with E-state index in [9.17, 15) is 9.59 Å². The Bertz CT molecular complexity index is 1020. The molecular formula is C21H20N4O4. The second-order valence-corrected chi connectivity index (χ2v) is 6.76. The van der Waals surface area contributed by atoms with E-state index in [2.05, 4.69) is 15.5 Å². The number of amides is 2. The molecule has 1 fully saturated rings. The van der Waals surface area contributed by atoms with Crippen molar-refractivity contribution in [3.8, 4) is 5.75 Å². The van der Waals surface area contributed by atoms with Crippen LogP contribution >= 0.6 is 0 Å². The third-order valence-electron chi connectivity index (χ3n) is 4.73. The first-order valence-corrected chi connectivity index (χ1v) is 9.24. The highest BCUT2D eigenvalue weighted by Crippen LogP contribution is 2.31. The average Bonchev–Trinajstić information content (AvgIpc) is 3.35. The largest absolute Gasteiger partial charge is 0.497 e. The number of nitrogens with zero attached hydrogens (tertiary/aromatic N) is 3. The van der Waals surface area contributed by atoms with Gasteiger partial charge in [-0.3, -0.25) is 14.9 Å². The molecule has 0 saturated carbocycles. The lowest BCUT2D eigenvalue weighted by Gasteiger charge is -2.15. The van der Waals surface area contributed by atoms with Crippen LogP contribution < -0.4 is 15.0 Å². The summed E-state index contributed by atoms with van der Waals surface area (Å²) in [7, 11) is 1.58. The molecule has 1 atom stereocenters. The Morgan fingerprint density at radius 3 is 2.83 bits per heavy atom. The minimum absolute atomic E-state index is 0.00279. The van der Waals surface area contributed by atoms with Gasteiger partial charge in [0.1, 0.15) is 5.75 Å². The van der Waals surface area contributed by atoms with Crippen LogP contribution in [-0.4, -0.2) is 35.7 Å². The number of methoxy groups -OCH3 is 1.